The lowest BCUT2D eigenvalue weighted by molar-refractivity contribution is -0.119. The molecular weight excluding hydrogens is 408 g/mol. The molecule has 27 heavy (non-hydrogen) atoms. The van der Waals surface area contributed by atoms with Gasteiger partial charge in [-0.1, -0.05) is 12.1 Å². The highest BCUT2D eigenvalue weighted by molar-refractivity contribution is 9.10. The van der Waals surface area contributed by atoms with Gasteiger partial charge in [0, 0.05) is 29.8 Å². The third-order valence-corrected chi connectivity index (χ3v) is 5.13. The Morgan fingerprint density at radius 2 is 2.00 bits per heavy atom. The summed E-state index contributed by atoms with van der Waals surface area (Å²) < 4.78 is 2.86. The number of carbonyl (C=O) groups excluding carboxylic acids is 2. The Morgan fingerprint density at radius 1 is 1.22 bits per heavy atom. The minimum Gasteiger partial charge on any atom is -0.346 e. The van der Waals surface area contributed by atoms with Crippen LogP contribution >= 0.6 is 15.9 Å². The van der Waals surface area contributed by atoms with Crippen molar-refractivity contribution < 1.29 is 9.59 Å². The van der Waals surface area contributed by atoms with Crippen molar-refractivity contribution in [2.45, 2.75) is 19.4 Å². The number of imidazole rings is 1. The number of carbonyl (C=O) groups is 2. The van der Waals surface area contributed by atoms with Crippen molar-refractivity contribution in [2.24, 2.45) is 5.92 Å². The average molecular weight is 427 g/mol. The first kappa shape index (κ1) is 17.7. The molecule has 1 aliphatic rings. The van der Waals surface area contributed by atoms with Crippen LogP contribution in [0.2, 0.25) is 0 Å². The lowest BCUT2D eigenvalue weighted by Crippen LogP contribution is -2.31. The fourth-order valence-electron chi connectivity index (χ4n) is 3.05. The van der Waals surface area contributed by atoms with Gasteiger partial charge < -0.3 is 14.6 Å². The zero-order valence-electron chi connectivity index (χ0n) is 14.9. The molecule has 0 spiro atoms. The minimum absolute atomic E-state index is 0.0705. The van der Waals surface area contributed by atoms with E-state index in [1.807, 2.05) is 35.0 Å². The van der Waals surface area contributed by atoms with Crippen molar-refractivity contribution in [2.75, 3.05) is 11.9 Å². The molecule has 0 bridgehead atoms. The lowest BCUT2D eigenvalue weighted by atomic mass is 10.1. The van der Waals surface area contributed by atoms with Gasteiger partial charge in [-0.2, -0.15) is 0 Å². The van der Waals surface area contributed by atoms with Crippen LogP contribution in [0.15, 0.2) is 53.3 Å². The molecule has 1 fully saturated rings. The molecule has 0 radical (unpaired) electrons. The first-order chi connectivity index (χ1) is 13.0. The highest BCUT2D eigenvalue weighted by Crippen LogP contribution is 2.33. The van der Waals surface area contributed by atoms with E-state index in [1.54, 1.807) is 30.1 Å². The van der Waals surface area contributed by atoms with E-state index in [9.17, 15) is 9.59 Å². The Balaban J connectivity index is 1.50. The monoisotopic (exact) mass is 426 g/mol. The fraction of sp³-hybridized carbons (Fsp3) is 0.250. The predicted molar refractivity (Wildman–Crippen MR) is 107 cm³/mol. The van der Waals surface area contributed by atoms with Crippen molar-refractivity contribution in [1.29, 1.82) is 0 Å². The molecule has 0 saturated heterocycles. The van der Waals surface area contributed by atoms with Crippen LogP contribution in [-0.2, 0) is 11.3 Å². The van der Waals surface area contributed by atoms with Crippen molar-refractivity contribution >= 4 is 39.1 Å². The molecule has 1 aromatic carbocycles. The number of aromatic nitrogens is 2. The van der Waals surface area contributed by atoms with Gasteiger partial charge in [0.15, 0.2) is 0 Å². The number of nitrogens with zero attached hydrogens (tertiary/aromatic N) is 3. The van der Waals surface area contributed by atoms with Gasteiger partial charge in [0.2, 0.25) is 5.91 Å². The van der Waals surface area contributed by atoms with Gasteiger partial charge in [0.1, 0.15) is 5.65 Å². The number of anilines is 1. The summed E-state index contributed by atoms with van der Waals surface area (Å²) in [6.07, 6.45) is 5.67. The molecule has 138 valence electrons. The van der Waals surface area contributed by atoms with Crippen LogP contribution in [-0.4, -0.2) is 28.2 Å². The Kier molecular flexibility index (Phi) is 4.70. The third-order valence-electron chi connectivity index (χ3n) is 4.66. The molecular formula is C20H19BrN4O2. The van der Waals surface area contributed by atoms with Gasteiger partial charge in [0.25, 0.3) is 5.91 Å². The minimum atomic E-state index is -0.223. The highest BCUT2D eigenvalue weighted by atomic mass is 79.9. The molecule has 4 rings (SSSR count). The average Bonchev–Trinajstić information content (AvgIpc) is 3.45. The van der Waals surface area contributed by atoms with Crippen molar-refractivity contribution in [3.63, 3.8) is 0 Å². The van der Waals surface area contributed by atoms with Crippen LogP contribution in [0.25, 0.3) is 5.65 Å². The van der Waals surface area contributed by atoms with Crippen LogP contribution in [0.3, 0.4) is 0 Å². The maximum absolute atomic E-state index is 12.7. The van der Waals surface area contributed by atoms with E-state index in [0.29, 0.717) is 17.8 Å². The fourth-order valence-corrected chi connectivity index (χ4v) is 3.40. The number of nitrogens with one attached hydrogen (secondary N) is 1. The molecule has 2 amide bonds. The van der Waals surface area contributed by atoms with E-state index >= 15 is 0 Å². The van der Waals surface area contributed by atoms with Gasteiger partial charge in [-0.25, -0.2) is 4.98 Å². The van der Waals surface area contributed by atoms with Gasteiger partial charge in [-0.15, -0.1) is 0 Å². The standard InChI is InChI=1S/C20H19BrN4O2/c1-24(20(27)13-6-7-13)17-5-3-2-4-16(17)19(26)22-10-15-12-25-11-14(21)8-9-18(25)23-15/h2-5,8-9,11-13H,6-7,10H2,1H3,(H,22,26). The van der Waals surface area contributed by atoms with Crippen molar-refractivity contribution in [3.05, 3.63) is 64.5 Å². The number of amides is 2. The summed E-state index contributed by atoms with van der Waals surface area (Å²) >= 11 is 3.43. The molecule has 2 heterocycles. The molecule has 3 aromatic rings. The normalized spacial score (nSPS) is 13.6. The Hall–Kier alpha value is -2.67. The number of rotatable bonds is 5. The van der Waals surface area contributed by atoms with Crippen LogP contribution < -0.4 is 10.2 Å². The van der Waals surface area contributed by atoms with Crippen LogP contribution in [0.1, 0.15) is 28.9 Å². The SMILES string of the molecule is CN(C(=O)C1CC1)c1ccccc1C(=O)NCc1cn2cc(Br)ccc2n1. The maximum Gasteiger partial charge on any atom is 0.253 e. The summed E-state index contributed by atoms with van der Waals surface area (Å²) in [5.74, 6) is -0.0520. The van der Waals surface area contributed by atoms with E-state index in [-0.39, 0.29) is 17.7 Å². The van der Waals surface area contributed by atoms with Crippen molar-refractivity contribution in [1.82, 2.24) is 14.7 Å². The second-order valence-corrected chi connectivity index (χ2v) is 7.63. The second-order valence-electron chi connectivity index (χ2n) is 6.72. The molecule has 0 atom stereocenters. The molecule has 0 unspecified atom stereocenters. The molecule has 1 aliphatic carbocycles. The summed E-state index contributed by atoms with van der Waals surface area (Å²) in [7, 11) is 1.73. The first-order valence-electron chi connectivity index (χ1n) is 8.81. The summed E-state index contributed by atoms with van der Waals surface area (Å²) in [5.41, 5.74) is 2.70. The quantitative estimate of drug-likeness (QED) is 0.679. The molecule has 2 aromatic heterocycles. The topological polar surface area (TPSA) is 66.7 Å². The molecule has 0 aliphatic heterocycles. The number of halogens is 1. The highest BCUT2D eigenvalue weighted by Gasteiger charge is 2.33. The zero-order chi connectivity index (χ0) is 19.0. The summed E-state index contributed by atoms with van der Waals surface area (Å²) in [6.45, 7) is 0.312. The zero-order valence-corrected chi connectivity index (χ0v) is 16.4. The summed E-state index contributed by atoms with van der Waals surface area (Å²) in [5, 5.41) is 2.91. The molecule has 1 saturated carbocycles. The van der Waals surface area contributed by atoms with Crippen LogP contribution in [0.5, 0.6) is 0 Å². The number of benzene rings is 1. The Bertz CT molecular complexity index is 1030. The lowest BCUT2D eigenvalue weighted by Gasteiger charge is -2.20. The van der Waals surface area contributed by atoms with E-state index < -0.39 is 0 Å². The van der Waals surface area contributed by atoms with Crippen LogP contribution in [0.4, 0.5) is 5.69 Å². The smallest absolute Gasteiger partial charge is 0.253 e. The Morgan fingerprint density at radius 3 is 2.78 bits per heavy atom. The third kappa shape index (κ3) is 3.73. The van der Waals surface area contributed by atoms with Crippen LogP contribution in [0, 0.1) is 5.92 Å². The number of hydrogen-bond donors (Lipinski definition) is 1. The number of para-hydroxylation sites is 1. The molecule has 6 nitrogen and oxygen atoms in total. The number of fused-ring (bicyclic) bond motifs is 1. The predicted octanol–water partition coefficient (Wildman–Crippen LogP) is 3.40. The first-order valence-corrected chi connectivity index (χ1v) is 9.60. The second kappa shape index (κ2) is 7.15. The molecule has 7 heteroatoms. The largest absolute Gasteiger partial charge is 0.346 e. The maximum atomic E-state index is 12.7. The van der Waals surface area contributed by atoms with Gasteiger partial charge in [-0.05, 0) is 53.0 Å². The van der Waals surface area contributed by atoms with E-state index in [1.165, 1.54) is 0 Å². The number of pyridine rings is 1. The van der Waals surface area contributed by atoms with E-state index in [0.717, 1.165) is 28.7 Å². The number of hydrogen-bond acceptors (Lipinski definition) is 3. The summed E-state index contributed by atoms with van der Waals surface area (Å²) in [4.78, 5) is 31.2. The van der Waals surface area contributed by atoms with Gasteiger partial charge >= 0.3 is 0 Å². The van der Waals surface area contributed by atoms with Gasteiger partial charge in [0.05, 0.1) is 23.5 Å². The molecule has 1 N–H and O–H groups in total. The van der Waals surface area contributed by atoms with Gasteiger partial charge in [-0.3, -0.25) is 9.59 Å². The Labute approximate surface area is 165 Å². The van der Waals surface area contributed by atoms with Crippen molar-refractivity contribution in [3.8, 4) is 0 Å². The summed E-state index contributed by atoms with van der Waals surface area (Å²) in [6, 6.07) is 11.0. The van der Waals surface area contributed by atoms with E-state index in [2.05, 4.69) is 26.2 Å². The van der Waals surface area contributed by atoms with E-state index in [4.69, 9.17) is 0 Å².